The SMILES string of the molecule is I.NC(=NCC1Cc2ccccc2O1)N1CCCCC1. The number of ether oxygens (including phenoxy) is 1. The van der Waals surface area contributed by atoms with Gasteiger partial charge in [0, 0.05) is 19.5 Å². The molecule has 4 nitrogen and oxygen atoms in total. The molecule has 0 amide bonds. The van der Waals surface area contributed by atoms with Crippen LogP contribution in [0.4, 0.5) is 0 Å². The molecule has 3 rings (SSSR count). The molecule has 0 saturated carbocycles. The highest BCUT2D eigenvalue weighted by Gasteiger charge is 2.22. The Morgan fingerprint density at radius 2 is 2.00 bits per heavy atom. The van der Waals surface area contributed by atoms with Crippen LogP contribution in [0, 0.1) is 0 Å². The van der Waals surface area contributed by atoms with Gasteiger partial charge in [0.2, 0.25) is 0 Å². The van der Waals surface area contributed by atoms with Crippen LogP contribution in [0.5, 0.6) is 5.75 Å². The fraction of sp³-hybridized carbons (Fsp3) is 0.533. The second kappa shape index (κ2) is 7.15. The Morgan fingerprint density at radius 1 is 1.25 bits per heavy atom. The van der Waals surface area contributed by atoms with E-state index in [9.17, 15) is 0 Å². The number of likely N-dealkylation sites (tertiary alicyclic amines) is 1. The van der Waals surface area contributed by atoms with E-state index in [1.54, 1.807) is 0 Å². The predicted molar refractivity (Wildman–Crippen MR) is 91.9 cm³/mol. The number of fused-ring (bicyclic) bond motifs is 1. The van der Waals surface area contributed by atoms with Crippen molar-refractivity contribution >= 4 is 29.9 Å². The van der Waals surface area contributed by atoms with Crippen molar-refractivity contribution in [2.45, 2.75) is 31.8 Å². The Kier molecular flexibility index (Phi) is 5.51. The Bertz CT molecular complexity index is 447. The van der Waals surface area contributed by atoms with Gasteiger partial charge in [-0.25, -0.2) is 4.99 Å². The molecule has 2 N–H and O–H groups in total. The largest absolute Gasteiger partial charge is 0.488 e. The summed E-state index contributed by atoms with van der Waals surface area (Å²) >= 11 is 0. The van der Waals surface area contributed by atoms with Gasteiger partial charge in [0.05, 0.1) is 6.54 Å². The van der Waals surface area contributed by atoms with Gasteiger partial charge < -0.3 is 15.4 Å². The second-order valence-corrected chi connectivity index (χ2v) is 5.30. The maximum Gasteiger partial charge on any atom is 0.191 e. The summed E-state index contributed by atoms with van der Waals surface area (Å²) in [5, 5.41) is 0. The van der Waals surface area contributed by atoms with Crippen molar-refractivity contribution in [1.29, 1.82) is 0 Å². The highest BCUT2D eigenvalue weighted by atomic mass is 127. The van der Waals surface area contributed by atoms with Gasteiger partial charge in [-0.1, -0.05) is 18.2 Å². The van der Waals surface area contributed by atoms with Crippen LogP contribution in [0.2, 0.25) is 0 Å². The standard InChI is InChI=1S/C15H21N3O.HI/c16-15(18-8-4-1-5-9-18)17-11-13-10-12-6-2-3-7-14(12)19-13;/h2-3,6-7,13H,1,4-5,8-11H2,(H2,16,17);1H. The molecule has 0 bridgehead atoms. The first-order valence-electron chi connectivity index (χ1n) is 7.12. The molecule has 1 fully saturated rings. The Morgan fingerprint density at radius 3 is 2.75 bits per heavy atom. The molecule has 1 aromatic carbocycles. The summed E-state index contributed by atoms with van der Waals surface area (Å²) in [5.74, 6) is 1.68. The molecular formula is C15H22IN3O. The van der Waals surface area contributed by atoms with E-state index in [0.717, 1.165) is 25.3 Å². The Balaban J connectivity index is 0.00000147. The molecule has 5 heteroatoms. The van der Waals surface area contributed by atoms with Crippen LogP contribution < -0.4 is 10.5 Å². The minimum Gasteiger partial charge on any atom is -0.488 e. The third-order valence-electron chi connectivity index (χ3n) is 3.85. The number of nitrogens with two attached hydrogens (primary N) is 1. The molecule has 0 spiro atoms. The zero-order valence-corrected chi connectivity index (χ0v) is 14.0. The molecule has 2 aliphatic rings. The lowest BCUT2D eigenvalue weighted by Gasteiger charge is -2.27. The molecule has 0 aromatic heterocycles. The van der Waals surface area contributed by atoms with Gasteiger partial charge >= 0.3 is 0 Å². The number of para-hydroxylation sites is 1. The molecule has 1 unspecified atom stereocenters. The number of aliphatic imine (C=N–C) groups is 1. The molecule has 2 aliphatic heterocycles. The number of hydrogen-bond acceptors (Lipinski definition) is 2. The number of piperidine rings is 1. The number of halogens is 1. The minimum absolute atomic E-state index is 0. The first-order valence-corrected chi connectivity index (χ1v) is 7.12. The van der Waals surface area contributed by atoms with Gasteiger partial charge in [-0.05, 0) is 30.9 Å². The van der Waals surface area contributed by atoms with E-state index in [-0.39, 0.29) is 30.1 Å². The molecule has 2 heterocycles. The summed E-state index contributed by atoms with van der Waals surface area (Å²) in [7, 11) is 0. The predicted octanol–water partition coefficient (Wildman–Crippen LogP) is 2.41. The summed E-state index contributed by atoms with van der Waals surface area (Å²) in [5.41, 5.74) is 7.33. The van der Waals surface area contributed by atoms with E-state index >= 15 is 0 Å². The molecule has 1 saturated heterocycles. The molecule has 1 atom stereocenters. The minimum atomic E-state index is 0. The van der Waals surface area contributed by atoms with Crippen molar-refractivity contribution in [2.75, 3.05) is 19.6 Å². The normalized spacial score (nSPS) is 21.9. The van der Waals surface area contributed by atoms with Gasteiger partial charge in [0.15, 0.2) is 5.96 Å². The third-order valence-corrected chi connectivity index (χ3v) is 3.85. The highest BCUT2D eigenvalue weighted by molar-refractivity contribution is 14.0. The molecule has 1 aromatic rings. The van der Waals surface area contributed by atoms with Crippen molar-refractivity contribution in [3.63, 3.8) is 0 Å². The number of benzene rings is 1. The average molecular weight is 387 g/mol. The van der Waals surface area contributed by atoms with E-state index in [0.29, 0.717) is 12.5 Å². The van der Waals surface area contributed by atoms with E-state index in [1.165, 1.54) is 24.8 Å². The lowest BCUT2D eigenvalue weighted by Crippen LogP contribution is -2.41. The number of rotatable bonds is 2. The van der Waals surface area contributed by atoms with Crippen molar-refractivity contribution in [2.24, 2.45) is 10.7 Å². The van der Waals surface area contributed by atoms with E-state index in [1.807, 2.05) is 12.1 Å². The number of hydrogen-bond donors (Lipinski definition) is 1. The summed E-state index contributed by atoms with van der Waals surface area (Å²) in [6, 6.07) is 8.20. The fourth-order valence-electron chi connectivity index (χ4n) is 2.77. The first-order chi connectivity index (χ1) is 9.33. The Hall–Kier alpha value is -0.980. The zero-order chi connectivity index (χ0) is 13.1. The molecular weight excluding hydrogens is 365 g/mol. The third kappa shape index (κ3) is 3.56. The van der Waals surface area contributed by atoms with Crippen LogP contribution >= 0.6 is 24.0 Å². The van der Waals surface area contributed by atoms with Gasteiger partial charge in [0.25, 0.3) is 0 Å². The van der Waals surface area contributed by atoms with Crippen molar-refractivity contribution in [3.05, 3.63) is 29.8 Å². The smallest absolute Gasteiger partial charge is 0.191 e. The monoisotopic (exact) mass is 387 g/mol. The second-order valence-electron chi connectivity index (χ2n) is 5.30. The number of guanidine groups is 1. The van der Waals surface area contributed by atoms with E-state index < -0.39 is 0 Å². The fourth-order valence-corrected chi connectivity index (χ4v) is 2.77. The summed E-state index contributed by atoms with van der Waals surface area (Å²) in [6.45, 7) is 2.74. The zero-order valence-electron chi connectivity index (χ0n) is 11.6. The van der Waals surface area contributed by atoms with Crippen molar-refractivity contribution < 1.29 is 4.74 Å². The molecule has 0 aliphatic carbocycles. The quantitative estimate of drug-likeness (QED) is 0.482. The van der Waals surface area contributed by atoms with Crippen molar-refractivity contribution in [1.82, 2.24) is 4.90 Å². The average Bonchev–Trinajstić information content (AvgIpc) is 2.88. The van der Waals surface area contributed by atoms with Gasteiger partial charge in [-0.3, -0.25) is 0 Å². The summed E-state index contributed by atoms with van der Waals surface area (Å²) < 4.78 is 5.86. The topological polar surface area (TPSA) is 50.9 Å². The van der Waals surface area contributed by atoms with Crippen LogP contribution in [0.1, 0.15) is 24.8 Å². The van der Waals surface area contributed by atoms with Gasteiger partial charge in [-0.2, -0.15) is 0 Å². The van der Waals surface area contributed by atoms with Gasteiger partial charge in [0.1, 0.15) is 11.9 Å². The highest BCUT2D eigenvalue weighted by Crippen LogP contribution is 2.28. The molecule has 20 heavy (non-hydrogen) atoms. The molecule has 110 valence electrons. The molecule has 0 radical (unpaired) electrons. The maximum absolute atomic E-state index is 6.05. The number of nitrogens with zero attached hydrogens (tertiary/aromatic N) is 2. The van der Waals surface area contributed by atoms with Crippen LogP contribution in [0.15, 0.2) is 29.3 Å². The maximum atomic E-state index is 6.05. The van der Waals surface area contributed by atoms with Crippen molar-refractivity contribution in [3.8, 4) is 5.75 Å². The lowest BCUT2D eigenvalue weighted by atomic mass is 10.1. The van der Waals surface area contributed by atoms with Crippen LogP contribution in [0.25, 0.3) is 0 Å². The Labute approximate surface area is 137 Å². The summed E-state index contributed by atoms with van der Waals surface area (Å²) in [6.07, 6.45) is 4.83. The van der Waals surface area contributed by atoms with E-state index in [4.69, 9.17) is 10.5 Å². The van der Waals surface area contributed by atoms with Crippen LogP contribution in [-0.2, 0) is 6.42 Å². The van der Waals surface area contributed by atoms with Crippen LogP contribution in [-0.4, -0.2) is 36.6 Å². The van der Waals surface area contributed by atoms with E-state index in [2.05, 4.69) is 22.0 Å². The lowest BCUT2D eigenvalue weighted by molar-refractivity contribution is 0.240. The van der Waals surface area contributed by atoms with Crippen LogP contribution in [0.3, 0.4) is 0 Å². The summed E-state index contributed by atoms with van der Waals surface area (Å²) in [4.78, 5) is 6.69. The first kappa shape index (κ1) is 15.4. The van der Waals surface area contributed by atoms with Gasteiger partial charge in [-0.15, -0.1) is 24.0 Å².